The minimum atomic E-state index is -0.254. The first-order valence-electron chi connectivity index (χ1n) is 9.55. The Labute approximate surface area is 179 Å². The Hall–Kier alpha value is -3.57. The molecule has 0 atom stereocenters. The van der Waals surface area contributed by atoms with Crippen molar-refractivity contribution in [3.8, 4) is 11.3 Å². The highest BCUT2D eigenvalue weighted by atomic mass is 32.1. The molecule has 0 aliphatic rings. The van der Waals surface area contributed by atoms with E-state index in [0.717, 1.165) is 16.8 Å². The third-order valence-corrected chi connectivity index (χ3v) is 5.59. The number of hydrogen-bond donors (Lipinski definition) is 1. The molecule has 0 radical (unpaired) electrons. The van der Waals surface area contributed by atoms with Gasteiger partial charge in [-0.2, -0.15) is 0 Å². The summed E-state index contributed by atoms with van der Waals surface area (Å²) in [4.78, 5) is 29.6. The molecule has 0 saturated carbocycles. The fraction of sp³-hybridized carbons (Fsp3) is 0.0800. The van der Waals surface area contributed by atoms with Gasteiger partial charge in [0.05, 0.1) is 5.69 Å². The van der Waals surface area contributed by atoms with Crippen molar-refractivity contribution >= 4 is 28.2 Å². The molecule has 4 nitrogen and oxygen atoms in total. The van der Waals surface area contributed by atoms with Crippen LogP contribution in [0.1, 0.15) is 37.4 Å². The van der Waals surface area contributed by atoms with E-state index in [4.69, 9.17) is 0 Å². The predicted octanol–water partition coefficient (Wildman–Crippen LogP) is 5.91. The molecule has 3 aromatic carbocycles. The lowest BCUT2D eigenvalue weighted by atomic mass is 10.0. The lowest BCUT2D eigenvalue weighted by molar-refractivity contribution is 0.102. The van der Waals surface area contributed by atoms with Crippen molar-refractivity contribution in [3.63, 3.8) is 0 Å². The highest BCUT2D eigenvalue weighted by Crippen LogP contribution is 2.28. The molecule has 4 aromatic rings. The molecule has 1 N–H and O–H groups in total. The summed E-state index contributed by atoms with van der Waals surface area (Å²) in [5.74, 6) is -0.323. The Morgan fingerprint density at radius 1 is 0.833 bits per heavy atom. The van der Waals surface area contributed by atoms with E-state index in [1.165, 1.54) is 16.9 Å². The number of hydrogen-bond acceptors (Lipinski definition) is 4. The van der Waals surface area contributed by atoms with Gasteiger partial charge in [-0.1, -0.05) is 66.2 Å². The van der Waals surface area contributed by atoms with Crippen LogP contribution < -0.4 is 5.32 Å². The number of rotatable bonds is 5. The minimum absolute atomic E-state index is 0.0689. The van der Waals surface area contributed by atoms with Crippen LogP contribution in [0.3, 0.4) is 0 Å². The molecule has 5 heteroatoms. The second kappa shape index (κ2) is 8.43. The molecule has 30 heavy (non-hydrogen) atoms. The number of carbonyl (C=O) groups is 2. The van der Waals surface area contributed by atoms with Crippen LogP contribution >= 0.6 is 11.3 Å². The normalized spacial score (nSPS) is 10.6. The molecule has 1 heterocycles. The SMILES string of the molecule is Cc1ccc(-c2csc(NC(=O)c3ccc(C(=O)c4ccccc4)cc3)n2)c(C)c1. The predicted molar refractivity (Wildman–Crippen MR) is 121 cm³/mol. The Balaban J connectivity index is 1.47. The van der Waals surface area contributed by atoms with Crippen LogP contribution in [-0.2, 0) is 0 Å². The molecule has 0 bridgehead atoms. The standard InChI is InChI=1S/C25H20N2O2S/c1-16-8-13-21(17(2)14-16)22-15-30-25(26-22)27-24(29)20-11-9-19(10-12-20)23(28)18-6-4-3-5-7-18/h3-15H,1-2H3,(H,26,27,29). The average molecular weight is 413 g/mol. The van der Waals surface area contributed by atoms with E-state index in [1.54, 1.807) is 36.4 Å². The number of thiazole rings is 1. The van der Waals surface area contributed by atoms with Crippen LogP contribution in [0.25, 0.3) is 11.3 Å². The number of anilines is 1. The minimum Gasteiger partial charge on any atom is -0.298 e. The number of nitrogens with zero attached hydrogens (tertiary/aromatic N) is 1. The molecule has 0 aliphatic carbocycles. The third-order valence-electron chi connectivity index (χ3n) is 4.83. The van der Waals surface area contributed by atoms with E-state index in [1.807, 2.05) is 29.6 Å². The second-order valence-electron chi connectivity index (χ2n) is 7.08. The van der Waals surface area contributed by atoms with Crippen molar-refractivity contribution in [2.24, 2.45) is 0 Å². The Morgan fingerprint density at radius 3 is 2.20 bits per heavy atom. The van der Waals surface area contributed by atoms with E-state index in [-0.39, 0.29) is 11.7 Å². The summed E-state index contributed by atoms with van der Waals surface area (Å²) in [6, 6.07) is 22.0. The molecule has 0 aliphatic heterocycles. The van der Waals surface area contributed by atoms with Gasteiger partial charge < -0.3 is 0 Å². The average Bonchev–Trinajstić information content (AvgIpc) is 3.22. The number of aromatic nitrogens is 1. The summed E-state index contributed by atoms with van der Waals surface area (Å²) >= 11 is 1.39. The monoisotopic (exact) mass is 412 g/mol. The quantitative estimate of drug-likeness (QED) is 0.415. The molecule has 4 rings (SSSR count). The lowest BCUT2D eigenvalue weighted by Gasteiger charge is -2.05. The third kappa shape index (κ3) is 4.21. The topological polar surface area (TPSA) is 59.1 Å². The summed E-state index contributed by atoms with van der Waals surface area (Å²) in [6.07, 6.45) is 0. The Morgan fingerprint density at radius 2 is 1.50 bits per heavy atom. The summed E-state index contributed by atoms with van der Waals surface area (Å²) in [7, 11) is 0. The maximum absolute atomic E-state index is 12.6. The molecule has 0 unspecified atom stereocenters. The lowest BCUT2D eigenvalue weighted by Crippen LogP contribution is -2.12. The number of ketones is 1. The number of amides is 1. The summed E-state index contributed by atoms with van der Waals surface area (Å²) in [5, 5.41) is 5.32. The fourth-order valence-electron chi connectivity index (χ4n) is 3.25. The zero-order valence-corrected chi connectivity index (χ0v) is 17.5. The maximum Gasteiger partial charge on any atom is 0.257 e. The van der Waals surface area contributed by atoms with E-state index in [9.17, 15) is 9.59 Å². The van der Waals surface area contributed by atoms with E-state index in [2.05, 4.69) is 36.3 Å². The van der Waals surface area contributed by atoms with Gasteiger partial charge in [0.15, 0.2) is 10.9 Å². The Bertz CT molecular complexity index is 1210. The van der Waals surface area contributed by atoms with E-state index >= 15 is 0 Å². The highest BCUT2D eigenvalue weighted by Gasteiger charge is 2.13. The van der Waals surface area contributed by atoms with Gasteiger partial charge in [0.25, 0.3) is 5.91 Å². The number of nitrogens with one attached hydrogen (secondary N) is 1. The molecular weight excluding hydrogens is 392 g/mol. The van der Waals surface area contributed by atoms with Crippen LogP contribution in [0, 0.1) is 13.8 Å². The number of carbonyl (C=O) groups excluding carboxylic acids is 2. The zero-order valence-electron chi connectivity index (χ0n) is 16.7. The van der Waals surface area contributed by atoms with Crippen LogP contribution in [0.5, 0.6) is 0 Å². The zero-order chi connectivity index (χ0) is 21.1. The van der Waals surface area contributed by atoms with Crippen molar-refractivity contribution in [3.05, 3.63) is 106 Å². The van der Waals surface area contributed by atoms with Crippen LogP contribution in [-0.4, -0.2) is 16.7 Å². The second-order valence-corrected chi connectivity index (χ2v) is 7.94. The summed E-state index contributed by atoms with van der Waals surface area (Å²) in [5.41, 5.74) is 5.90. The van der Waals surface area contributed by atoms with Crippen molar-refractivity contribution in [2.45, 2.75) is 13.8 Å². The molecule has 0 saturated heterocycles. The van der Waals surface area contributed by atoms with Crippen LogP contribution in [0.4, 0.5) is 5.13 Å². The fourth-order valence-corrected chi connectivity index (χ4v) is 3.96. The first kappa shape index (κ1) is 19.7. The van der Waals surface area contributed by atoms with Gasteiger partial charge in [0.1, 0.15) is 0 Å². The molecule has 0 fully saturated rings. The van der Waals surface area contributed by atoms with Gasteiger partial charge in [-0.25, -0.2) is 4.98 Å². The van der Waals surface area contributed by atoms with E-state index in [0.29, 0.717) is 21.8 Å². The maximum atomic E-state index is 12.6. The van der Waals surface area contributed by atoms with Gasteiger partial charge in [0, 0.05) is 27.6 Å². The largest absolute Gasteiger partial charge is 0.298 e. The van der Waals surface area contributed by atoms with Gasteiger partial charge in [-0.15, -0.1) is 11.3 Å². The molecular formula is C25H20N2O2S. The van der Waals surface area contributed by atoms with Crippen molar-refractivity contribution in [1.82, 2.24) is 4.98 Å². The summed E-state index contributed by atoms with van der Waals surface area (Å²) in [6.45, 7) is 4.11. The molecule has 1 amide bonds. The van der Waals surface area contributed by atoms with Gasteiger partial charge >= 0.3 is 0 Å². The highest BCUT2D eigenvalue weighted by molar-refractivity contribution is 7.14. The van der Waals surface area contributed by atoms with Gasteiger partial charge in [-0.3, -0.25) is 14.9 Å². The van der Waals surface area contributed by atoms with Crippen molar-refractivity contribution < 1.29 is 9.59 Å². The summed E-state index contributed by atoms with van der Waals surface area (Å²) < 4.78 is 0. The molecule has 148 valence electrons. The molecule has 0 spiro atoms. The Kier molecular flexibility index (Phi) is 5.55. The first-order valence-corrected chi connectivity index (χ1v) is 10.4. The van der Waals surface area contributed by atoms with Crippen LogP contribution in [0.15, 0.2) is 78.2 Å². The first-order chi connectivity index (χ1) is 14.5. The smallest absolute Gasteiger partial charge is 0.257 e. The van der Waals surface area contributed by atoms with Gasteiger partial charge in [-0.05, 0) is 31.5 Å². The van der Waals surface area contributed by atoms with Crippen molar-refractivity contribution in [1.29, 1.82) is 0 Å². The van der Waals surface area contributed by atoms with Crippen molar-refractivity contribution in [2.75, 3.05) is 5.32 Å². The van der Waals surface area contributed by atoms with Gasteiger partial charge in [0.2, 0.25) is 0 Å². The number of benzene rings is 3. The molecule has 1 aromatic heterocycles. The number of aryl methyl sites for hydroxylation is 2. The van der Waals surface area contributed by atoms with E-state index < -0.39 is 0 Å². The van der Waals surface area contributed by atoms with Crippen LogP contribution in [0.2, 0.25) is 0 Å².